The van der Waals surface area contributed by atoms with E-state index in [-0.39, 0.29) is 17.5 Å². The minimum absolute atomic E-state index is 0.0148. The summed E-state index contributed by atoms with van der Waals surface area (Å²) in [5.41, 5.74) is 11.6. The molecule has 2 atom stereocenters. The van der Waals surface area contributed by atoms with Crippen molar-refractivity contribution in [1.82, 2.24) is 0 Å². The average molecular weight is 246 g/mol. The molecule has 4 heteroatoms. The molecular weight excluding hydrogens is 216 g/mol. The van der Waals surface area contributed by atoms with Crippen LogP contribution in [-0.4, -0.2) is 38.5 Å². The summed E-state index contributed by atoms with van der Waals surface area (Å²) >= 11 is 0. The maximum Gasteiger partial charge on any atom is 0.0617 e. The van der Waals surface area contributed by atoms with Gasteiger partial charge in [-0.1, -0.05) is 27.7 Å². The van der Waals surface area contributed by atoms with Crippen LogP contribution < -0.4 is 11.5 Å². The summed E-state index contributed by atoms with van der Waals surface area (Å²) in [7, 11) is 0. The zero-order chi connectivity index (χ0) is 13.3. The SMILES string of the molecule is CCC(N)COCC(C)(C)COCC(N)CC. The van der Waals surface area contributed by atoms with Gasteiger partial charge in [0.2, 0.25) is 0 Å². The van der Waals surface area contributed by atoms with E-state index in [1.165, 1.54) is 0 Å². The lowest BCUT2D eigenvalue weighted by Crippen LogP contribution is -2.33. The first-order valence-electron chi connectivity index (χ1n) is 6.58. The lowest BCUT2D eigenvalue weighted by molar-refractivity contribution is -0.0100. The molecule has 0 aliphatic carbocycles. The van der Waals surface area contributed by atoms with Crippen molar-refractivity contribution in [3.05, 3.63) is 0 Å². The summed E-state index contributed by atoms with van der Waals surface area (Å²) in [5, 5.41) is 0. The molecule has 0 amide bonds. The molecule has 4 N–H and O–H groups in total. The lowest BCUT2D eigenvalue weighted by atomic mass is 9.96. The van der Waals surface area contributed by atoms with E-state index in [0.717, 1.165) is 12.8 Å². The smallest absolute Gasteiger partial charge is 0.0617 e. The predicted octanol–water partition coefficient (Wildman–Crippen LogP) is 1.52. The largest absolute Gasteiger partial charge is 0.379 e. The van der Waals surface area contributed by atoms with Crippen LogP contribution in [0.25, 0.3) is 0 Å². The molecule has 0 bridgehead atoms. The van der Waals surface area contributed by atoms with Crippen LogP contribution in [0.4, 0.5) is 0 Å². The lowest BCUT2D eigenvalue weighted by Gasteiger charge is -2.25. The zero-order valence-electron chi connectivity index (χ0n) is 11.9. The van der Waals surface area contributed by atoms with E-state index in [0.29, 0.717) is 26.4 Å². The van der Waals surface area contributed by atoms with Crippen LogP contribution in [0.15, 0.2) is 0 Å². The van der Waals surface area contributed by atoms with Crippen molar-refractivity contribution in [3.63, 3.8) is 0 Å². The fourth-order valence-corrected chi connectivity index (χ4v) is 1.25. The molecule has 0 spiro atoms. The molecule has 0 saturated heterocycles. The molecule has 0 aliphatic rings. The third-order valence-electron chi connectivity index (χ3n) is 2.70. The molecule has 104 valence electrons. The normalized spacial score (nSPS) is 15.9. The quantitative estimate of drug-likeness (QED) is 0.613. The van der Waals surface area contributed by atoms with E-state index in [2.05, 4.69) is 27.7 Å². The van der Waals surface area contributed by atoms with Gasteiger partial charge in [0.05, 0.1) is 26.4 Å². The Morgan fingerprint density at radius 1 is 0.882 bits per heavy atom. The average Bonchev–Trinajstić information content (AvgIpc) is 2.27. The van der Waals surface area contributed by atoms with Crippen molar-refractivity contribution >= 4 is 0 Å². The highest BCUT2D eigenvalue weighted by Gasteiger charge is 2.19. The minimum Gasteiger partial charge on any atom is -0.379 e. The standard InChI is InChI=1S/C13H30N2O2/c1-5-11(14)7-16-9-13(3,4)10-17-8-12(15)6-2/h11-12H,5-10,14-15H2,1-4H3. The van der Waals surface area contributed by atoms with Crippen LogP contribution >= 0.6 is 0 Å². The van der Waals surface area contributed by atoms with Crippen molar-refractivity contribution in [2.24, 2.45) is 16.9 Å². The summed E-state index contributed by atoms with van der Waals surface area (Å²) in [5.74, 6) is 0. The monoisotopic (exact) mass is 246 g/mol. The van der Waals surface area contributed by atoms with E-state index in [9.17, 15) is 0 Å². The predicted molar refractivity (Wildman–Crippen MR) is 72.0 cm³/mol. The summed E-state index contributed by atoms with van der Waals surface area (Å²) < 4.78 is 11.2. The van der Waals surface area contributed by atoms with Crippen LogP contribution in [0.2, 0.25) is 0 Å². The highest BCUT2D eigenvalue weighted by molar-refractivity contribution is 4.68. The van der Waals surface area contributed by atoms with Gasteiger partial charge < -0.3 is 20.9 Å². The first kappa shape index (κ1) is 16.8. The van der Waals surface area contributed by atoms with Crippen molar-refractivity contribution in [3.8, 4) is 0 Å². The van der Waals surface area contributed by atoms with Crippen molar-refractivity contribution in [1.29, 1.82) is 0 Å². The molecular formula is C13H30N2O2. The van der Waals surface area contributed by atoms with Gasteiger partial charge in [0.25, 0.3) is 0 Å². The van der Waals surface area contributed by atoms with E-state index in [1.807, 2.05) is 0 Å². The minimum atomic E-state index is 0.0148. The number of ether oxygens (including phenoxy) is 2. The van der Waals surface area contributed by atoms with Crippen LogP contribution in [0.5, 0.6) is 0 Å². The van der Waals surface area contributed by atoms with Gasteiger partial charge in [-0.2, -0.15) is 0 Å². The van der Waals surface area contributed by atoms with E-state index in [1.54, 1.807) is 0 Å². The van der Waals surface area contributed by atoms with Gasteiger partial charge in [-0.05, 0) is 12.8 Å². The van der Waals surface area contributed by atoms with Crippen molar-refractivity contribution < 1.29 is 9.47 Å². The Hall–Kier alpha value is -0.160. The van der Waals surface area contributed by atoms with Crippen molar-refractivity contribution in [2.45, 2.75) is 52.6 Å². The molecule has 0 aromatic rings. The van der Waals surface area contributed by atoms with E-state index >= 15 is 0 Å². The molecule has 0 fully saturated rings. The van der Waals surface area contributed by atoms with Crippen LogP contribution in [-0.2, 0) is 9.47 Å². The third kappa shape index (κ3) is 9.53. The maximum atomic E-state index is 5.79. The topological polar surface area (TPSA) is 70.5 Å². The molecule has 4 nitrogen and oxygen atoms in total. The van der Waals surface area contributed by atoms with Crippen molar-refractivity contribution in [2.75, 3.05) is 26.4 Å². The molecule has 0 heterocycles. The Kier molecular flexibility index (Phi) is 8.78. The molecule has 17 heavy (non-hydrogen) atoms. The second-order valence-electron chi connectivity index (χ2n) is 5.53. The van der Waals surface area contributed by atoms with Crippen LogP contribution in [0.3, 0.4) is 0 Å². The second-order valence-corrected chi connectivity index (χ2v) is 5.53. The summed E-state index contributed by atoms with van der Waals surface area (Å²) in [6, 6.07) is 0.278. The molecule has 0 saturated carbocycles. The van der Waals surface area contributed by atoms with Gasteiger partial charge in [0, 0.05) is 17.5 Å². The molecule has 0 rings (SSSR count). The van der Waals surface area contributed by atoms with Crippen LogP contribution in [0.1, 0.15) is 40.5 Å². The molecule has 0 radical (unpaired) electrons. The molecule has 0 aromatic heterocycles. The Labute approximate surface area is 106 Å². The van der Waals surface area contributed by atoms with E-state index < -0.39 is 0 Å². The zero-order valence-corrected chi connectivity index (χ0v) is 11.9. The Balaban J connectivity index is 3.65. The Bertz CT molecular complexity index is 168. The summed E-state index contributed by atoms with van der Waals surface area (Å²) in [6.07, 6.45) is 1.89. The van der Waals surface area contributed by atoms with Gasteiger partial charge in [-0.25, -0.2) is 0 Å². The van der Waals surface area contributed by atoms with Crippen LogP contribution in [0, 0.1) is 5.41 Å². The third-order valence-corrected chi connectivity index (χ3v) is 2.70. The summed E-state index contributed by atoms with van der Waals surface area (Å²) in [6.45, 7) is 11.0. The Morgan fingerprint density at radius 3 is 1.53 bits per heavy atom. The summed E-state index contributed by atoms with van der Waals surface area (Å²) in [4.78, 5) is 0. The van der Waals surface area contributed by atoms with Gasteiger partial charge in [-0.3, -0.25) is 0 Å². The number of hydrogen-bond donors (Lipinski definition) is 2. The highest BCUT2D eigenvalue weighted by Crippen LogP contribution is 2.16. The van der Waals surface area contributed by atoms with Gasteiger partial charge in [0.15, 0.2) is 0 Å². The second kappa shape index (κ2) is 8.86. The molecule has 0 aliphatic heterocycles. The number of hydrogen-bond acceptors (Lipinski definition) is 4. The first-order valence-corrected chi connectivity index (χ1v) is 6.58. The highest BCUT2D eigenvalue weighted by atomic mass is 16.5. The fourth-order valence-electron chi connectivity index (χ4n) is 1.25. The maximum absolute atomic E-state index is 5.79. The van der Waals surface area contributed by atoms with Gasteiger partial charge in [-0.15, -0.1) is 0 Å². The molecule has 2 unspecified atom stereocenters. The fraction of sp³-hybridized carbons (Fsp3) is 1.00. The number of nitrogens with two attached hydrogens (primary N) is 2. The van der Waals surface area contributed by atoms with Gasteiger partial charge in [0.1, 0.15) is 0 Å². The van der Waals surface area contributed by atoms with E-state index in [4.69, 9.17) is 20.9 Å². The Morgan fingerprint density at radius 2 is 1.24 bits per heavy atom. The van der Waals surface area contributed by atoms with Gasteiger partial charge >= 0.3 is 0 Å². The number of rotatable bonds is 10. The first-order chi connectivity index (χ1) is 7.91. The molecule has 0 aromatic carbocycles.